The summed E-state index contributed by atoms with van der Waals surface area (Å²) in [4.78, 5) is 15.8. The van der Waals surface area contributed by atoms with Crippen molar-refractivity contribution in [2.24, 2.45) is 0 Å². The second-order valence-electron chi connectivity index (χ2n) is 7.67. The molecule has 9 heteroatoms. The van der Waals surface area contributed by atoms with Gasteiger partial charge in [0.25, 0.3) is 0 Å². The maximum atomic E-state index is 13.8. The number of fused-ring (bicyclic) bond motifs is 1. The lowest BCUT2D eigenvalue weighted by atomic mass is 10.1. The first kappa shape index (κ1) is 22.2. The van der Waals surface area contributed by atoms with Crippen LogP contribution in [0.25, 0.3) is 28.0 Å². The van der Waals surface area contributed by atoms with E-state index in [-0.39, 0.29) is 17.5 Å². The van der Waals surface area contributed by atoms with Crippen LogP contribution in [0.4, 0.5) is 10.1 Å². The van der Waals surface area contributed by atoms with Crippen molar-refractivity contribution < 1.29 is 9.18 Å². The Bertz CT molecular complexity index is 1500. The Morgan fingerprint density at radius 1 is 1.12 bits per heavy atom. The lowest BCUT2D eigenvalue weighted by molar-refractivity contribution is -0.113. The molecule has 0 saturated heterocycles. The molecule has 2 N–H and O–H groups in total. The maximum absolute atomic E-state index is 13.8. The lowest BCUT2D eigenvalue weighted by Crippen LogP contribution is -2.14. The van der Waals surface area contributed by atoms with E-state index in [2.05, 4.69) is 20.5 Å². The van der Waals surface area contributed by atoms with Gasteiger partial charge in [-0.05, 0) is 55.0 Å². The molecule has 0 aliphatic rings. The number of hydrogen-bond donors (Lipinski definition) is 2. The van der Waals surface area contributed by atoms with E-state index in [1.54, 1.807) is 31.2 Å². The summed E-state index contributed by atoms with van der Waals surface area (Å²) in [6.45, 7) is 1.67. The van der Waals surface area contributed by atoms with Crippen LogP contribution in [0.3, 0.4) is 0 Å². The number of halogens is 2. The van der Waals surface area contributed by atoms with Gasteiger partial charge in [0.1, 0.15) is 5.82 Å². The SMILES string of the molecule is Cc1ccc(NC(=O)CSc2nnc(-c3c[nH]c4ccccc34)n2-c2ccc(Cl)cc2)cc1F. The van der Waals surface area contributed by atoms with Gasteiger partial charge in [-0.15, -0.1) is 10.2 Å². The molecule has 1 amide bonds. The number of anilines is 1. The molecule has 0 unspecified atom stereocenters. The molecule has 0 aliphatic heterocycles. The average Bonchev–Trinajstić information content (AvgIpc) is 3.44. The third kappa shape index (κ3) is 4.42. The van der Waals surface area contributed by atoms with Crippen LogP contribution >= 0.6 is 23.4 Å². The molecule has 6 nitrogen and oxygen atoms in total. The lowest BCUT2D eigenvalue weighted by Gasteiger charge is -2.10. The van der Waals surface area contributed by atoms with Crippen molar-refractivity contribution in [3.63, 3.8) is 0 Å². The van der Waals surface area contributed by atoms with Gasteiger partial charge in [-0.1, -0.05) is 47.6 Å². The van der Waals surface area contributed by atoms with E-state index in [0.717, 1.165) is 22.2 Å². The molecule has 5 rings (SSSR count). The molecule has 170 valence electrons. The summed E-state index contributed by atoms with van der Waals surface area (Å²) in [6.07, 6.45) is 1.90. The van der Waals surface area contributed by atoms with Crippen LogP contribution in [0.15, 0.2) is 78.1 Å². The van der Waals surface area contributed by atoms with Gasteiger partial charge in [0.15, 0.2) is 11.0 Å². The predicted molar refractivity (Wildman–Crippen MR) is 134 cm³/mol. The topological polar surface area (TPSA) is 75.6 Å². The van der Waals surface area contributed by atoms with Gasteiger partial charge >= 0.3 is 0 Å². The molecule has 2 heterocycles. The van der Waals surface area contributed by atoms with Gasteiger partial charge in [0, 0.05) is 39.1 Å². The van der Waals surface area contributed by atoms with E-state index in [0.29, 0.717) is 27.3 Å². The summed E-state index contributed by atoms with van der Waals surface area (Å²) >= 11 is 7.35. The number of aromatic nitrogens is 4. The van der Waals surface area contributed by atoms with Crippen molar-refractivity contribution >= 4 is 45.9 Å². The van der Waals surface area contributed by atoms with Gasteiger partial charge in [0.05, 0.1) is 5.75 Å². The molecule has 0 fully saturated rings. The number of nitrogens with one attached hydrogen (secondary N) is 2. The Labute approximate surface area is 204 Å². The highest BCUT2D eigenvalue weighted by molar-refractivity contribution is 7.99. The number of H-pyrrole nitrogens is 1. The van der Waals surface area contributed by atoms with Crippen molar-refractivity contribution in [1.82, 2.24) is 19.7 Å². The molecule has 0 saturated carbocycles. The molecule has 34 heavy (non-hydrogen) atoms. The van der Waals surface area contributed by atoms with Crippen molar-refractivity contribution in [2.75, 3.05) is 11.1 Å². The fourth-order valence-corrected chi connectivity index (χ4v) is 4.49. The van der Waals surface area contributed by atoms with E-state index in [9.17, 15) is 9.18 Å². The minimum atomic E-state index is -0.365. The Balaban J connectivity index is 1.45. The van der Waals surface area contributed by atoms with E-state index < -0.39 is 0 Å². The highest BCUT2D eigenvalue weighted by atomic mass is 35.5. The van der Waals surface area contributed by atoms with E-state index in [1.165, 1.54) is 17.8 Å². The van der Waals surface area contributed by atoms with Crippen molar-refractivity contribution in [3.8, 4) is 17.1 Å². The first-order chi connectivity index (χ1) is 16.5. The maximum Gasteiger partial charge on any atom is 0.234 e. The standard InChI is InChI=1S/C25H19ClFN5OS/c1-15-6-9-17(12-21(15)27)29-23(33)14-34-25-31-30-24(32(25)18-10-7-16(26)8-11-18)20-13-28-22-5-3-2-4-19(20)22/h2-13,28H,14H2,1H3,(H,29,33). The number of aromatic amines is 1. The van der Waals surface area contributed by atoms with Crippen molar-refractivity contribution in [3.05, 3.63) is 89.3 Å². The molecule has 0 bridgehead atoms. The molecule has 0 atom stereocenters. The zero-order chi connectivity index (χ0) is 23.7. The van der Waals surface area contributed by atoms with Gasteiger partial charge < -0.3 is 10.3 Å². The fourth-order valence-electron chi connectivity index (χ4n) is 3.62. The summed E-state index contributed by atoms with van der Waals surface area (Å²) in [5.74, 6) is 0.0851. The number of para-hydroxylation sites is 1. The third-order valence-corrected chi connectivity index (χ3v) is 6.52. The molecule has 3 aromatic carbocycles. The number of nitrogens with zero attached hydrogens (tertiary/aromatic N) is 3. The fraction of sp³-hybridized carbons (Fsp3) is 0.0800. The van der Waals surface area contributed by atoms with Crippen LogP contribution < -0.4 is 5.32 Å². The summed E-state index contributed by atoms with van der Waals surface area (Å²) in [5, 5.41) is 13.7. The molecule has 2 aromatic heterocycles. The van der Waals surface area contributed by atoms with Crippen LogP contribution in [-0.2, 0) is 4.79 Å². The molecule has 0 spiro atoms. The number of amides is 1. The number of aryl methyl sites for hydroxylation is 1. The monoisotopic (exact) mass is 491 g/mol. The smallest absolute Gasteiger partial charge is 0.234 e. The van der Waals surface area contributed by atoms with Crippen molar-refractivity contribution in [2.45, 2.75) is 12.1 Å². The quantitative estimate of drug-likeness (QED) is 0.275. The summed E-state index contributed by atoms with van der Waals surface area (Å²) in [7, 11) is 0. The number of carbonyl (C=O) groups excluding carboxylic acids is 1. The first-order valence-corrected chi connectivity index (χ1v) is 11.8. The van der Waals surface area contributed by atoms with Gasteiger partial charge in [0.2, 0.25) is 5.91 Å². The first-order valence-electron chi connectivity index (χ1n) is 10.5. The molecular formula is C25H19ClFN5OS. The van der Waals surface area contributed by atoms with Crippen LogP contribution in [0.5, 0.6) is 0 Å². The van der Waals surface area contributed by atoms with Crippen LogP contribution in [0.2, 0.25) is 5.02 Å². The molecule has 0 radical (unpaired) electrons. The second kappa shape index (κ2) is 9.32. The minimum Gasteiger partial charge on any atom is -0.360 e. The highest BCUT2D eigenvalue weighted by Crippen LogP contribution is 2.32. The van der Waals surface area contributed by atoms with Gasteiger partial charge in [-0.25, -0.2) is 4.39 Å². The zero-order valence-corrected chi connectivity index (χ0v) is 19.6. The van der Waals surface area contributed by atoms with Crippen molar-refractivity contribution in [1.29, 1.82) is 0 Å². The number of rotatable bonds is 6. The third-order valence-electron chi connectivity index (χ3n) is 5.34. The van der Waals surface area contributed by atoms with Crippen LogP contribution in [-0.4, -0.2) is 31.4 Å². The zero-order valence-electron chi connectivity index (χ0n) is 18.0. The molecule has 0 aliphatic carbocycles. The predicted octanol–water partition coefficient (Wildman–Crippen LogP) is 6.25. The Morgan fingerprint density at radius 3 is 2.71 bits per heavy atom. The highest BCUT2D eigenvalue weighted by Gasteiger charge is 2.20. The van der Waals surface area contributed by atoms with Gasteiger partial charge in [-0.3, -0.25) is 9.36 Å². The van der Waals surface area contributed by atoms with Crippen LogP contribution in [0, 0.1) is 12.7 Å². The largest absolute Gasteiger partial charge is 0.360 e. The number of benzene rings is 3. The Hall–Kier alpha value is -3.62. The number of thioether (sulfide) groups is 1. The second-order valence-corrected chi connectivity index (χ2v) is 9.05. The Kier molecular flexibility index (Phi) is 6.08. The minimum absolute atomic E-state index is 0.0785. The van der Waals surface area contributed by atoms with Crippen LogP contribution in [0.1, 0.15) is 5.56 Å². The van der Waals surface area contributed by atoms with E-state index >= 15 is 0 Å². The molecular weight excluding hydrogens is 473 g/mol. The normalized spacial score (nSPS) is 11.1. The molecule has 5 aromatic rings. The van der Waals surface area contributed by atoms with E-state index in [4.69, 9.17) is 11.6 Å². The summed E-state index contributed by atoms with van der Waals surface area (Å²) in [6, 6.07) is 19.9. The summed E-state index contributed by atoms with van der Waals surface area (Å²) in [5.41, 5.74) is 3.63. The summed E-state index contributed by atoms with van der Waals surface area (Å²) < 4.78 is 15.7. The number of carbonyl (C=O) groups is 1. The average molecular weight is 492 g/mol. The van der Waals surface area contributed by atoms with Gasteiger partial charge in [-0.2, -0.15) is 0 Å². The van der Waals surface area contributed by atoms with E-state index in [1.807, 2.05) is 47.2 Å². The Morgan fingerprint density at radius 2 is 1.91 bits per heavy atom. The number of hydrogen-bond acceptors (Lipinski definition) is 4.